The van der Waals surface area contributed by atoms with Crippen molar-refractivity contribution in [2.24, 2.45) is 5.73 Å². The highest BCUT2D eigenvalue weighted by Gasteiger charge is 2.15. The minimum atomic E-state index is 0.167. The molecule has 0 aliphatic carbocycles. The van der Waals surface area contributed by atoms with E-state index in [4.69, 9.17) is 5.73 Å². The Morgan fingerprint density at radius 2 is 2.11 bits per heavy atom. The maximum atomic E-state index is 5.87. The predicted octanol–water partition coefficient (Wildman–Crippen LogP) is 1.61. The van der Waals surface area contributed by atoms with Crippen LogP contribution in [0.25, 0.3) is 0 Å². The number of rotatable bonds is 5. The Balaban J connectivity index is 2.09. The van der Waals surface area contributed by atoms with Crippen LogP contribution in [0.3, 0.4) is 0 Å². The molecule has 0 bridgehead atoms. The molecule has 0 aliphatic rings. The molecule has 0 aliphatic heterocycles. The summed E-state index contributed by atoms with van der Waals surface area (Å²) in [6.45, 7) is 1.34. The van der Waals surface area contributed by atoms with Gasteiger partial charge in [0.25, 0.3) is 0 Å². The third-order valence-electron chi connectivity index (χ3n) is 2.96. The van der Waals surface area contributed by atoms with Gasteiger partial charge >= 0.3 is 0 Å². The van der Waals surface area contributed by atoms with Crippen molar-refractivity contribution in [3.8, 4) is 0 Å². The second-order valence-electron chi connectivity index (χ2n) is 4.27. The van der Waals surface area contributed by atoms with E-state index < -0.39 is 0 Å². The quantitative estimate of drug-likeness (QED) is 0.865. The molecule has 4 nitrogen and oxygen atoms in total. The Hall–Kier alpha value is -1.78. The zero-order valence-corrected chi connectivity index (χ0v) is 10.5. The average molecular weight is 242 g/mol. The Bertz CT molecular complexity index is 458. The van der Waals surface area contributed by atoms with Crippen LogP contribution in [0.5, 0.6) is 0 Å². The Labute approximate surface area is 107 Å². The lowest BCUT2D eigenvalue weighted by atomic mass is 10.1. The first-order valence-electron chi connectivity index (χ1n) is 6.01. The number of nitrogens with zero attached hydrogens (tertiary/aromatic N) is 3. The molecule has 4 heteroatoms. The van der Waals surface area contributed by atoms with Crippen LogP contribution < -0.4 is 5.73 Å². The Morgan fingerprint density at radius 1 is 1.22 bits per heavy atom. The van der Waals surface area contributed by atoms with Crippen molar-refractivity contribution in [3.63, 3.8) is 0 Å². The van der Waals surface area contributed by atoms with E-state index in [9.17, 15) is 0 Å². The summed E-state index contributed by atoms with van der Waals surface area (Å²) in [5.41, 5.74) is 8.05. The van der Waals surface area contributed by atoms with E-state index in [1.54, 1.807) is 6.20 Å². The number of pyridine rings is 2. The summed E-state index contributed by atoms with van der Waals surface area (Å²) in [6, 6.07) is 10.1. The van der Waals surface area contributed by atoms with Gasteiger partial charge in [-0.1, -0.05) is 12.1 Å². The number of hydrogen-bond donors (Lipinski definition) is 1. The molecule has 0 spiro atoms. The fourth-order valence-electron chi connectivity index (χ4n) is 2.00. The van der Waals surface area contributed by atoms with Gasteiger partial charge in [-0.2, -0.15) is 0 Å². The van der Waals surface area contributed by atoms with Crippen molar-refractivity contribution in [2.75, 3.05) is 13.6 Å². The molecule has 0 radical (unpaired) electrons. The normalized spacial score (nSPS) is 12.6. The van der Waals surface area contributed by atoms with Gasteiger partial charge in [-0.05, 0) is 30.8 Å². The molecule has 0 saturated heterocycles. The summed E-state index contributed by atoms with van der Waals surface area (Å²) in [5, 5.41) is 0. The lowest BCUT2D eigenvalue weighted by Gasteiger charge is -2.26. The van der Waals surface area contributed by atoms with Crippen molar-refractivity contribution in [3.05, 3.63) is 60.2 Å². The van der Waals surface area contributed by atoms with Gasteiger partial charge in [-0.25, -0.2) is 0 Å². The van der Waals surface area contributed by atoms with E-state index in [1.807, 2.05) is 36.7 Å². The van der Waals surface area contributed by atoms with Crippen LogP contribution >= 0.6 is 0 Å². The molecular formula is C14H18N4. The second kappa shape index (κ2) is 6.23. The van der Waals surface area contributed by atoms with Gasteiger partial charge in [0.1, 0.15) is 0 Å². The molecule has 1 atom stereocenters. The molecule has 18 heavy (non-hydrogen) atoms. The molecule has 0 fully saturated rings. The van der Waals surface area contributed by atoms with Crippen molar-refractivity contribution in [1.29, 1.82) is 0 Å². The minimum Gasteiger partial charge on any atom is -0.329 e. The topological polar surface area (TPSA) is 55.0 Å². The van der Waals surface area contributed by atoms with Gasteiger partial charge in [0.15, 0.2) is 0 Å². The van der Waals surface area contributed by atoms with Crippen LogP contribution in [0.4, 0.5) is 0 Å². The zero-order chi connectivity index (χ0) is 12.8. The van der Waals surface area contributed by atoms with E-state index in [0.29, 0.717) is 6.54 Å². The molecule has 1 unspecified atom stereocenters. The van der Waals surface area contributed by atoms with Crippen molar-refractivity contribution in [2.45, 2.75) is 12.6 Å². The van der Waals surface area contributed by atoms with E-state index in [-0.39, 0.29) is 6.04 Å². The average Bonchev–Trinajstić information content (AvgIpc) is 2.42. The molecule has 0 aromatic carbocycles. The summed E-state index contributed by atoms with van der Waals surface area (Å²) in [4.78, 5) is 10.7. The van der Waals surface area contributed by atoms with Crippen LogP contribution in [-0.2, 0) is 6.54 Å². The Morgan fingerprint density at radius 3 is 2.72 bits per heavy atom. The summed E-state index contributed by atoms with van der Waals surface area (Å²) < 4.78 is 0. The third-order valence-corrected chi connectivity index (χ3v) is 2.96. The first kappa shape index (κ1) is 12.7. The summed E-state index contributed by atoms with van der Waals surface area (Å²) in [6.07, 6.45) is 5.45. The van der Waals surface area contributed by atoms with Crippen LogP contribution in [0, 0.1) is 0 Å². The fraction of sp³-hybridized carbons (Fsp3) is 0.286. The number of nitrogens with two attached hydrogens (primary N) is 1. The van der Waals surface area contributed by atoms with Crippen molar-refractivity contribution >= 4 is 0 Å². The second-order valence-corrected chi connectivity index (χ2v) is 4.27. The van der Waals surface area contributed by atoms with Crippen LogP contribution in [0.1, 0.15) is 17.3 Å². The smallest absolute Gasteiger partial charge is 0.0544 e. The van der Waals surface area contributed by atoms with Crippen molar-refractivity contribution in [1.82, 2.24) is 14.9 Å². The molecule has 0 amide bonds. The molecule has 2 rings (SSSR count). The predicted molar refractivity (Wildman–Crippen MR) is 71.7 cm³/mol. The third kappa shape index (κ3) is 3.12. The molecule has 2 heterocycles. The molecule has 2 aromatic heterocycles. The van der Waals surface area contributed by atoms with Gasteiger partial charge < -0.3 is 5.73 Å². The number of likely N-dealkylation sites (N-methyl/N-ethyl adjacent to an activating group) is 1. The van der Waals surface area contributed by atoms with Crippen LogP contribution in [0.15, 0.2) is 48.9 Å². The molecule has 2 N–H and O–H groups in total. The van der Waals surface area contributed by atoms with Gasteiger partial charge in [-0.15, -0.1) is 0 Å². The van der Waals surface area contributed by atoms with Gasteiger partial charge in [0.05, 0.1) is 5.69 Å². The van der Waals surface area contributed by atoms with E-state index in [2.05, 4.69) is 28.0 Å². The largest absolute Gasteiger partial charge is 0.329 e. The first-order chi connectivity index (χ1) is 8.81. The molecule has 94 valence electrons. The van der Waals surface area contributed by atoms with Crippen molar-refractivity contribution < 1.29 is 0 Å². The SMILES string of the molecule is CN(Cc1ccccn1)C(CN)c1cccnc1. The Kier molecular flexibility index (Phi) is 4.39. The van der Waals surface area contributed by atoms with E-state index in [1.165, 1.54) is 0 Å². The fourth-order valence-corrected chi connectivity index (χ4v) is 2.00. The monoisotopic (exact) mass is 242 g/mol. The summed E-state index contributed by atoms with van der Waals surface area (Å²) >= 11 is 0. The number of aromatic nitrogens is 2. The lowest BCUT2D eigenvalue weighted by Crippen LogP contribution is -2.30. The highest BCUT2D eigenvalue weighted by atomic mass is 15.1. The highest BCUT2D eigenvalue weighted by Crippen LogP contribution is 2.18. The summed E-state index contributed by atoms with van der Waals surface area (Å²) in [7, 11) is 2.05. The lowest BCUT2D eigenvalue weighted by molar-refractivity contribution is 0.238. The van der Waals surface area contributed by atoms with Gasteiger partial charge in [0.2, 0.25) is 0 Å². The minimum absolute atomic E-state index is 0.167. The van der Waals surface area contributed by atoms with E-state index in [0.717, 1.165) is 17.8 Å². The maximum Gasteiger partial charge on any atom is 0.0544 e. The van der Waals surface area contributed by atoms with Gasteiger partial charge in [0, 0.05) is 37.7 Å². The highest BCUT2D eigenvalue weighted by molar-refractivity contribution is 5.15. The van der Waals surface area contributed by atoms with Crippen LogP contribution in [0.2, 0.25) is 0 Å². The molecule has 0 saturated carbocycles. The standard InChI is InChI=1S/C14H18N4/c1-18(11-13-6-2-3-8-17-13)14(9-15)12-5-4-7-16-10-12/h2-8,10,14H,9,11,15H2,1H3. The zero-order valence-electron chi connectivity index (χ0n) is 10.5. The molecule has 2 aromatic rings. The first-order valence-corrected chi connectivity index (χ1v) is 6.01. The summed E-state index contributed by atoms with van der Waals surface area (Å²) in [5.74, 6) is 0. The maximum absolute atomic E-state index is 5.87. The molecular weight excluding hydrogens is 224 g/mol. The number of hydrogen-bond acceptors (Lipinski definition) is 4. The van der Waals surface area contributed by atoms with Crippen LogP contribution in [-0.4, -0.2) is 28.5 Å². The van der Waals surface area contributed by atoms with Gasteiger partial charge in [-0.3, -0.25) is 14.9 Å². The van der Waals surface area contributed by atoms with E-state index >= 15 is 0 Å².